The molecule has 9 N–H and O–H groups in total. The van der Waals surface area contributed by atoms with Gasteiger partial charge in [-0.1, -0.05) is 20.8 Å². The molecule has 32 heavy (non-hydrogen) atoms. The fraction of sp³-hybridized carbons (Fsp3) is 0.850. The molecule has 0 rings (SSSR count). The molecule has 12 heteroatoms. The Morgan fingerprint density at radius 1 is 0.812 bits per heavy atom. The predicted octanol–water partition coefficient (Wildman–Crippen LogP) is 1.63. The molecule has 202 valence electrons. The molecule has 12 nitrogen and oxygen atoms in total. The van der Waals surface area contributed by atoms with Crippen LogP contribution in [0.3, 0.4) is 0 Å². The van der Waals surface area contributed by atoms with E-state index in [0.717, 1.165) is 33.4 Å². The van der Waals surface area contributed by atoms with E-state index in [1.54, 1.807) is 13.8 Å². The van der Waals surface area contributed by atoms with Crippen LogP contribution in [0.5, 0.6) is 0 Å². The van der Waals surface area contributed by atoms with E-state index in [4.69, 9.17) is 25.1 Å². The highest BCUT2D eigenvalue weighted by Gasteiger charge is 1.91. The molecule has 0 fully saturated rings. The van der Waals surface area contributed by atoms with E-state index in [2.05, 4.69) is 45.6 Å². The molecule has 1 atom stereocenters. The smallest absolute Gasteiger partial charge is 0.302 e. The van der Waals surface area contributed by atoms with Crippen molar-refractivity contribution in [3.8, 4) is 0 Å². The van der Waals surface area contributed by atoms with Gasteiger partial charge in [0, 0.05) is 20.8 Å². The number of rotatable bonds is 5. The molecule has 0 aromatic carbocycles. The van der Waals surface area contributed by atoms with Crippen molar-refractivity contribution < 1.29 is 39.5 Å². The standard InChI is InChI=1S/C4H8O2.C4H10O2.2C3H9N.2C2H4O2.2CH5N/c1-3-6-4(2)5;1-3-4(2)6-5;2*1-3-4-2;2*1-2(3)4;2*1-2/h3H2,1-2H3;4-5H,3H2,1-2H3;2*4H,3H2,1-2H3;2*1H3,(H,3,4);2*2H2,1H3. The minimum atomic E-state index is -0.833. The number of esters is 1. The Hall–Kier alpha value is -1.83. The molecule has 0 radical (unpaired) electrons. The van der Waals surface area contributed by atoms with Gasteiger partial charge in [0.2, 0.25) is 0 Å². The monoisotopic (exact) mass is 478 g/mol. The summed E-state index contributed by atoms with van der Waals surface area (Å²) in [5.74, 6) is -1.88. The van der Waals surface area contributed by atoms with Gasteiger partial charge in [0.05, 0.1) is 12.7 Å². The lowest BCUT2D eigenvalue weighted by Crippen LogP contribution is -2.01. The molecule has 0 aliphatic rings. The van der Waals surface area contributed by atoms with Gasteiger partial charge in [-0.15, -0.1) is 0 Å². The summed E-state index contributed by atoms with van der Waals surface area (Å²) in [6, 6.07) is 0. The number of hydrogen-bond donors (Lipinski definition) is 7. The van der Waals surface area contributed by atoms with Crippen molar-refractivity contribution in [1.82, 2.24) is 10.6 Å². The van der Waals surface area contributed by atoms with Gasteiger partial charge in [-0.2, -0.15) is 0 Å². The minimum Gasteiger partial charge on any atom is -0.481 e. The van der Waals surface area contributed by atoms with Gasteiger partial charge < -0.3 is 37.1 Å². The van der Waals surface area contributed by atoms with Gasteiger partial charge in [0.1, 0.15) is 0 Å². The summed E-state index contributed by atoms with van der Waals surface area (Å²) in [5, 5.41) is 28.5. The molecule has 0 aromatic heterocycles. The Bertz CT molecular complexity index is 279. The van der Waals surface area contributed by atoms with E-state index in [1.807, 2.05) is 21.0 Å². The van der Waals surface area contributed by atoms with Crippen LogP contribution in [-0.2, 0) is 24.0 Å². The molecule has 0 saturated carbocycles. The van der Waals surface area contributed by atoms with E-state index >= 15 is 0 Å². The summed E-state index contributed by atoms with van der Waals surface area (Å²) >= 11 is 0. The highest BCUT2D eigenvalue weighted by molar-refractivity contribution is 5.65. The molecule has 0 saturated heterocycles. The third-order valence-electron chi connectivity index (χ3n) is 1.81. The summed E-state index contributed by atoms with van der Waals surface area (Å²) in [6.07, 6.45) is 0.848. The Morgan fingerprint density at radius 3 is 1.03 bits per heavy atom. The first-order chi connectivity index (χ1) is 14.9. The number of carbonyl (C=O) groups is 3. The molecule has 1 unspecified atom stereocenters. The largest absolute Gasteiger partial charge is 0.481 e. The third kappa shape index (κ3) is 405. The van der Waals surface area contributed by atoms with Crippen molar-refractivity contribution in [3.63, 3.8) is 0 Å². The highest BCUT2D eigenvalue weighted by atomic mass is 17.1. The van der Waals surface area contributed by atoms with Crippen molar-refractivity contribution in [2.45, 2.75) is 67.9 Å². The first kappa shape index (κ1) is 52.2. The van der Waals surface area contributed by atoms with Crippen LogP contribution in [0.1, 0.15) is 61.8 Å². The fourth-order valence-electron chi connectivity index (χ4n) is 0.278. The van der Waals surface area contributed by atoms with E-state index in [1.165, 1.54) is 21.0 Å². The third-order valence-corrected chi connectivity index (χ3v) is 1.81. The molecule has 0 bridgehead atoms. The van der Waals surface area contributed by atoms with Crippen LogP contribution in [0.15, 0.2) is 0 Å². The van der Waals surface area contributed by atoms with E-state index in [9.17, 15) is 4.79 Å². The van der Waals surface area contributed by atoms with Gasteiger partial charge in [0.15, 0.2) is 0 Å². The number of carboxylic acids is 2. The lowest BCUT2D eigenvalue weighted by molar-refractivity contribution is -0.274. The van der Waals surface area contributed by atoms with Crippen LogP contribution in [0, 0.1) is 0 Å². The molecule has 0 aliphatic heterocycles. The molecule has 0 aliphatic carbocycles. The minimum absolute atomic E-state index is 0.00926. The summed E-state index contributed by atoms with van der Waals surface area (Å²) in [7, 11) is 6.86. The van der Waals surface area contributed by atoms with Crippen molar-refractivity contribution in [2.24, 2.45) is 11.5 Å². The normalized spacial score (nSPS) is 7.97. The van der Waals surface area contributed by atoms with Crippen LogP contribution < -0.4 is 22.1 Å². The number of aliphatic carboxylic acids is 2. The van der Waals surface area contributed by atoms with Crippen LogP contribution in [0.4, 0.5) is 0 Å². The zero-order valence-corrected chi connectivity index (χ0v) is 22.4. The number of nitrogens with two attached hydrogens (primary N) is 2. The maximum absolute atomic E-state index is 9.82. The topological polar surface area (TPSA) is 206 Å². The van der Waals surface area contributed by atoms with Crippen LogP contribution in [0.25, 0.3) is 0 Å². The Morgan fingerprint density at radius 2 is 1.03 bits per heavy atom. The van der Waals surface area contributed by atoms with Crippen molar-refractivity contribution >= 4 is 17.9 Å². The molecular formula is C20H54N4O8. The van der Waals surface area contributed by atoms with E-state index in [0.29, 0.717) is 6.61 Å². The summed E-state index contributed by atoms with van der Waals surface area (Å²) in [4.78, 5) is 31.7. The van der Waals surface area contributed by atoms with Crippen molar-refractivity contribution in [3.05, 3.63) is 0 Å². The Balaban J connectivity index is -0.0000000352. The Labute approximate surface area is 196 Å². The lowest BCUT2D eigenvalue weighted by atomic mass is 10.3. The van der Waals surface area contributed by atoms with E-state index < -0.39 is 11.9 Å². The van der Waals surface area contributed by atoms with Gasteiger partial charge in [0.25, 0.3) is 11.9 Å². The van der Waals surface area contributed by atoms with Crippen LogP contribution in [0.2, 0.25) is 0 Å². The quantitative estimate of drug-likeness (QED) is 0.171. The first-order valence-electron chi connectivity index (χ1n) is 10.1. The van der Waals surface area contributed by atoms with Crippen LogP contribution in [-0.4, -0.2) is 87.4 Å². The number of carboxylic acid groups (broad SMARTS) is 2. The lowest BCUT2D eigenvalue weighted by Gasteiger charge is -1.98. The van der Waals surface area contributed by atoms with Gasteiger partial charge in [-0.05, 0) is 61.5 Å². The van der Waals surface area contributed by atoms with E-state index in [-0.39, 0.29) is 12.1 Å². The summed E-state index contributed by atoms with van der Waals surface area (Å²) in [5.41, 5.74) is 9.00. The number of carbonyl (C=O) groups excluding carboxylic acids is 1. The van der Waals surface area contributed by atoms with Gasteiger partial charge in [-0.25, -0.2) is 4.89 Å². The highest BCUT2D eigenvalue weighted by Crippen LogP contribution is 1.89. The van der Waals surface area contributed by atoms with Crippen molar-refractivity contribution in [2.75, 3.05) is 47.9 Å². The first-order valence-corrected chi connectivity index (χ1v) is 10.1. The van der Waals surface area contributed by atoms with Gasteiger partial charge >= 0.3 is 5.97 Å². The SMILES string of the molecule is CC(=O)O.CC(=O)O.CCC(C)OO.CCNC.CCNC.CCOC(C)=O.CN.CN. The number of ether oxygens (including phenoxy) is 1. The second-order valence-corrected chi connectivity index (χ2v) is 4.70. The average Bonchev–Trinajstić information content (AvgIpc) is 2.75. The number of nitrogens with one attached hydrogen (secondary N) is 2. The molecule has 0 heterocycles. The molecular weight excluding hydrogens is 424 g/mol. The summed E-state index contributed by atoms with van der Waals surface area (Å²) in [6.45, 7) is 15.8. The maximum Gasteiger partial charge on any atom is 0.302 e. The fourth-order valence-corrected chi connectivity index (χ4v) is 0.278. The molecule has 0 spiro atoms. The summed E-state index contributed by atoms with van der Waals surface area (Å²) < 4.78 is 4.40. The maximum atomic E-state index is 9.82. The second kappa shape index (κ2) is 70.1. The Kier molecular flexibility index (Phi) is 114. The van der Waals surface area contributed by atoms with Gasteiger partial charge in [-0.3, -0.25) is 19.6 Å². The second-order valence-electron chi connectivity index (χ2n) is 4.70. The number of hydrogen-bond acceptors (Lipinski definition) is 10. The zero-order chi connectivity index (χ0) is 28.0. The average molecular weight is 479 g/mol. The van der Waals surface area contributed by atoms with Crippen molar-refractivity contribution in [1.29, 1.82) is 0 Å². The van der Waals surface area contributed by atoms with Crippen LogP contribution >= 0.6 is 0 Å². The molecule has 0 amide bonds. The zero-order valence-electron chi connectivity index (χ0n) is 22.4. The predicted molar refractivity (Wildman–Crippen MR) is 132 cm³/mol. The molecule has 0 aromatic rings.